The zero-order chi connectivity index (χ0) is 41.4. The second-order valence-corrected chi connectivity index (χ2v) is 17.2. The Balaban J connectivity index is 0.983. The first-order valence-electron chi connectivity index (χ1n) is 22.1. The second-order valence-electron chi connectivity index (χ2n) is 17.2. The molecule has 0 radical (unpaired) electrons. The van der Waals surface area contributed by atoms with E-state index in [2.05, 4.69) is 241 Å². The van der Waals surface area contributed by atoms with Crippen molar-refractivity contribution in [1.29, 1.82) is 0 Å². The Morgan fingerprint density at radius 2 is 0.730 bits per heavy atom. The third-order valence-electron chi connectivity index (χ3n) is 13.8. The molecule has 0 saturated carbocycles. The van der Waals surface area contributed by atoms with E-state index in [1.54, 1.807) is 0 Å². The summed E-state index contributed by atoms with van der Waals surface area (Å²) in [7, 11) is 0. The molecule has 0 amide bonds. The Bertz CT molecular complexity index is 3540. The molecule has 2 aliphatic carbocycles. The first kappa shape index (κ1) is 35.7. The third-order valence-corrected chi connectivity index (χ3v) is 13.8. The van der Waals surface area contributed by atoms with Gasteiger partial charge in [-0.1, -0.05) is 194 Å². The normalized spacial score (nSPS) is 14.7. The van der Waals surface area contributed by atoms with Crippen LogP contribution in [0.4, 0.5) is 0 Å². The fourth-order valence-electron chi connectivity index (χ4n) is 10.9. The quantitative estimate of drug-likeness (QED) is 0.158. The minimum atomic E-state index is 0.170. The van der Waals surface area contributed by atoms with Gasteiger partial charge in [0.1, 0.15) is 0 Å². The highest BCUT2D eigenvalue weighted by atomic mass is 15.0. The molecule has 13 rings (SSSR count). The van der Waals surface area contributed by atoms with Crippen LogP contribution in [0, 0.1) is 0 Å². The Morgan fingerprint density at radius 3 is 1.44 bits per heavy atom. The van der Waals surface area contributed by atoms with E-state index in [-0.39, 0.29) is 11.8 Å². The fourth-order valence-corrected chi connectivity index (χ4v) is 10.9. The summed E-state index contributed by atoms with van der Waals surface area (Å²) in [6, 6.07) is 87.9. The molecule has 11 aromatic rings. The summed E-state index contributed by atoms with van der Waals surface area (Å²) in [5.74, 6) is 0.343. The molecule has 2 aliphatic rings. The molecule has 2 unspecified atom stereocenters. The summed E-state index contributed by atoms with van der Waals surface area (Å²) >= 11 is 0. The van der Waals surface area contributed by atoms with Crippen LogP contribution in [0.15, 0.2) is 237 Å². The van der Waals surface area contributed by atoms with Gasteiger partial charge < -0.3 is 4.57 Å². The molecule has 294 valence electrons. The van der Waals surface area contributed by atoms with Crippen LogP contribution in [0.5, 0.6) is 0 Å². The van der Waals surface area contributed by atoms with E-state index >= 15 is 0 Å². The first-order valence-corrected chi connectivity index (χ1v) is 22.1. The van der Waals surface area contributed by atoms with Crippen molar-refractivity contribution >= 4 is 21.8 Å². The van der Waals surface area contributed by atoms with Gasteiger partial charge in [-0.2, -0.15) is 0 Å². The molecule has 63 heavy (non-hydrogen) atoms. The van der Waals surface area contributed by atoms with Crippen LogP contribution in [-0.2, 0) is 0 Å². The smallest absolute Gasteiger partial charge is 0.0544 e. The largest absolute Gasteiger partial charge is 0.309 e. The molecule has 0 spiro atoms. The van der Waals surface area contributed by atoms with Gasteiger partial charge in [0, 0.05) is 28.3 Å². The van der Waals surface area contributed by atoms with Crippen LogP contribution in [-0.4, -0.2) is 4.57 Å². The van der Waals surface area contributed by atoms with Crippen molar-refractivity contribution in [2.75, 3.05) is 0 Å². The molecule has 1 heteroatoms. The maximum absolute atomic E-state index is 2.49. The highest BCUT2D eigenvalue weighted by molar-refractivity contribution is 6.13. The van der Waals surface area contributed by atoms with Crippen molar-refractivity contribution in [3.8, 4) is 61.3 Å². The van der Waals surface area contributed by atoms with Gasteiger partial charge in [0.25, 0.3) is 0 Å². The van der Waals surface area contributed by atoms with Crippen molar-refractivity contribution in [1.82, 2.24) is 4.57 Å². The van der Waals surface area contributed by atoms with Crippen molar-refractivity contribution in [3.05, 3.63) is 270 Å². The van der Waals surface area contributed by atoms with Gasteiger partial charge >= 0.3 is 0 Å². The Labute approximate surface area is 367 Å². The summed E-state index contributed by atoms with van der Waals surface area (Å²) in [5.41, 5.74) is 24.4. The summed E-state index contributed by atoms with van der Waals surface area (Å²) in [6.07, 6.45) is 0. The lowest BCUT2D eigenvalue weighted by molar-refractivity contribution is 1.01. The minimum Gasteiger partial charge on any atom is -0.309 e. The number of fused-ring (bicyclic) bond motifs is 9. The predicted molar refractivity (Wildman–Crippen MR) is 263 cm³/mol. The van der Waals surface area contributed by atoms with Crippen molar-refractivity contribution < 1.29 is 0 Å². The number of hydrogen-bond acceptors (Lipinski definition) is 0. The average molecular weight is 800 g/mol. The van der Waals surface area contributed by atoms with Crippen LogP contribution in [0.1, 0.15) is 45.2 Å². The lowest BCUT2D eigenvalue weighted by atomic mass is 9.87. The molecular formula is C62H41N. The fraction of sp³-hybridized carbons (Fsp3) is 0.0323. The highest BCUT2D eigenvalue weighted by Gasteiger charge is 2.32. The van der Waals surface area contributed by atoms with Gasteiger partial charge in [0.05, 0.1) is 11.0 Å². The lowest BCUT2D eigenvalue weighted by Crippen LogP contribution is -2.00. The van der Waals surface area contributed by atoms with Crippen LogP contribution >= 0.6 is 0 Å². The highest BCUT2D eigenvalue weighted by Crippen LogP contribution is 2.52. The van der Waals surface area contributed by atoms with Gasteiger partial charge in [0.2, 0.25) is 0 Å². The van der Waals surface area contributed by atoms with E-state index in [9.17, 15) is 0 Å². The summed E-state index contributed by atoms with van der Waals surface area (Å²) in [5, 5.41) is 2.53. The maximum atomic E-state index is 2.49. The van der Waals surface area contributed by atoms with Gasteiger partial charge in [-0.3, -0.25) is 0 Å². The van der Waals surface area contributed by atoms with Crippen LogP contribution in [0.25, 0.3) is 83.1 Å². The maximum Gasteiger partial charge on any atom is 0.0544 e. The summed E-state index contributed by atoms with van der Waals surface area (Å²) < 4.78 is 2.49. The summed E-state index contributed by atoms with van der Waals surface area (Å²) in [4.78, 5) is 0. The number of aromatic nitrogens is 1. The van der Waals surface area contributed by atoms with Crippen molar-refractivity contribution in [2.45, 2.75) is 11.8 Å². The van der Waals surface area contributed by atoms with E-state index in [4.69, 9.17) is 0 Å². The standard InChI is InChI=1S/C62H41N/c1-4-15-40(16-5-1)42-27-31-48(32-28-42)63-59-34-30-46(37-56(59)57-38-55-50-24-11-12-25-51(50)61(58(55)39-60(57)63)43-19-8-3-9-20-43)45-29-33-53-54(36-45)49-23-10-13-26-52(49)62(53)47-22-14-21-44(35-47)41-17-6-2-7-18-41/h1-39,61-62H. The Kier molecular flexibility index (Phi) is 8.11. The molecule has 0 bridgehead atoms. The minimum absolute atomic E-state index is 0.170. The number of nitrogens with zero attached hydrogens (tertiary/aromatic N) is 1. The van der Waals surface area contributed by atoms with E-state index < -0.39 is 0 Å². The van der Waals surface area contributed by atoms with Gasteiger partial charge in [-0.15, -0.1) is 0 Å². The Hall–Kier alpha value is -8.00. The van der Waals surface area contributed by atoms with Gasteiger partial charge in [0.15, 0.2) is 0 Å². The van der Waals surface area contributed by atoms with E-state index in [0.29, 0.717) is 0 Å². The molecule has 2 atom stereocenters. The number of rotatable bonds is 6. The first-order chi connectivity index (χ1) is 31.2. The molecule has 0 saturated heterocycles. The molecule has 1 aromatic heterocycles. The Morgan fingerprint density at radius 1 is 0.254 bits per heavy atom. The van der Waals surface area contributed by atoms with Gasteiger partial charge in [-0.25, -0.2) is 0 Å². The van der Waals surface area contributed by atoms with Crippen molar-refractivity contribution in [3.63, 3.8) is 0 Å². The average Bonchev–Trinajstić information content (AvgIpc) is 3.99. The molecule has 0 aliphatic heterocycles. The van der Waals surface area contributed by atoms with E-state index in [1.165, 1.54) is 111 Å². The van der Waals surface area contributed by atoms with E-state index in [0.717, 1.165) is 5.69 Å². The molecule has 0 N–H and O–H groups in total. The number of hydrogen-bond donors (Lipinski definition) is 0. The zero-order valence-corrected chi connectivity index (χ0v) is 34.6. The predicted octanol–water partition coefficient (Wildman–Crippen LogP) is 16.1. The summed E-state index contributed by atoms with van der Waals surface area (Å²) in [6.45, 7) is 0. The van der Waals surface area contributed by atoms with Gasteiger partial charge in [-0.05, 0) is 131 Å². The van der Waals surface area contributed by atoms with E-state index in [1.807, 2.05) is 0 Å². The molecule has 0 fully saturated rings. The number of benzene rings is 10. The molecule has 1 heterocycles. The lowest BCUT2D eigenvalue weighted by Gasteiger charge is -2.16. The van der Waals surface area contributed by atoms with Crippen LogP contribution < -0.4 is 0 Å². The SMILES string of the molecule is c1ccc(-c2ccc(-n3c4ccc(-c5ccc6c(c5)-c5ccccc5C6c5cccc(-c6ccccc6)c5)cc4c4cc5c(cc43)C(c3ccccc3)c3ccccc3-5)cc2)cc1. The van der Waals surface area contributed by atoms with Crippen LogP contribution in [0.3, 0.4) is 0 Å². The molecule has 10 aromatic carbocycles. The molecular weight excluding hydrogens is 759 g/mol. The molecule has 1 nitrogen and oxygen atoms in total. The monoisotopic (exact) mass is 799 g/mol. The third kappa shape index (κ3) is 5.70. The topological polar surface area (TPSA) is 4.93 Å². The second kappa shape index (κ2) is 14.3. The van der Waals surface area contributed by atoms with Crippen LogP contribution in [0.2, 0.25) is 0 Å². The van der Waals surface area contributed by atoms with Crippen molar-refractivity contribution in [2.24, 2.45) is 0 Å². The zero-order valence-electron chi connectivity index (χ0n) is 34.6.